The number of likely N-dealkylation sites (N-methyl/N-ethyl adjacent to an activating group) is 1. The molecule has 3 atom stereocenters. The number of rotatable bonds is 4. The lowest BCUT2D eigenvalue weighted by Crippen LogP contribution is -2.56. The standard InChI is InChI=1S/C18H24FN3O3/c1-18(16(24)21(2)17(25)20-18)13-6-4-8-22(10-13)11-15(23)12-5-3-7-14(19)9-12/h3,5,7,9,13,15,23H,4,6,8,10-11H2,1-2H3,(H,20,25)/t13-,15+,18-/m1/s1. The van der Waals surface area contributed by atoms with E-state index in [1.807, 2.05) is 0 Å². The molecule has 0 bridgehead atoms. The fraction of sp³-hybridized carbons (Fsp3) is 0.556. The van der Waals surface area contributed by atoms with Gasteiger partial charge < -0.3 is 15.3 Å². The molecule has 0 aliphatic carbocycles. The maximum absolute atomic E-state index is 13.3. The van der Waals surface area contributed by atoms with Crippen LogP contribution in [0.2, 0.25) is 0 Å². The summed E-state index contributed by atoms with van der Waals surface area (Å²) in [6.45, 7) is 3.54. The fourth-order valence-corrected chi connectivity index (χ4v) is 3.83. The highest BCUT2D eigenvalue weighted by Gasteiger charge is 2.51. The molecule has 6 nitrogen and oxygen atoms in total. The SMILES string of the molecule is CN1C(=O)N[C@](C)([C@@H]2CCCN(C[C@H](O)c3cccc(F)c3)C2)C1=O. The summed E-state index contributed by atoms with van der Waals surface area (Å²) in [6, 6.07) is 5.59. The smallest absolute Gasteiger partial charge is 0.324 e. The first-order valence-electron chi connectivity index (χ1n) is 8.57. The first-order valence-corrected chi connectivity index (χ1v) is 8.57. The van der Waals surface area contributed by atoms with Crippen LogP contribution in [0.15, 0.2) is 24.3 Å². The van der Waals surface area contributed by atoms with Crippen molar-refractivity contribution in [1.82, 2.24) is 15.1 Å². The second kappa shape index (κ2) is 6.72. The highest BCUT2D eigenvalue weighted by molar-refractivity contribution is 6.06. The maximum atomic E-state index is 13.3. The fourth-order valence-electron chi connectivity index (χ4n) is 3.83. The summed E-state index contributed by atoms with van der Waals surface area (Å²) in [4.78, 5) is 27.5. The van der Waals surface area contributed by atoms with Crippen molar-refractivity contribution in [2.24, 2.45) is 5.92 Å². The number of nitrogens with zero attached hydrogens (tertiary/aromatic N) is 2. The number of aliphatic hydroxyl groups is 1. The summed E-state index contributed by atoms with van der Waals surface area (Å²) < 4.78 is 13.3. The summed E-state index contributed by atoms with van der Waals surface area (Å²) in [5.41, 5.74) is -0.368. The molecule has 7 heteroatoms. The van der Waals surface area contributed by atoms with Gasteiger partial charge in [-0.1, -0.05) is 12.1 Å². The molecule has 0 spiro atoms. The molecule has 2 aliphatic rings. The molecule has 1 aromatic rings. The van der Waals surface area contributed by atoms with Gasteiger partial charge >= 0.3 is 6.03 Å². The van der Waals surface area contributed by atoms with Crippen LogP contribution < -0.4 is 5.32 Å². The Bertz CT molecular complexity index is 683. The van der Waals surface area contributed by atoms with E-state index in [9.17, 15) is 19.1 Å². The van der Waals surface area contributed by atoms with E-state index in [4.69, 9.17) is 0 Å². The molecule has 2 fully saturated rings. The molecule has 2 saturated heterocycles. The average Bonchev–Trinajstić information content (AvgIpc) is 2.79. The number of nitrogens with one attached hydrogen (secondary N) is 1. The number of carbonyl (C=O) groups is 2. The number of urea groups is 1. The van der Waals surface area contributed by atoms with E-state index in [0.717, 1.165) is 24.3 Å². The quantitative estimate of drug-likeness (QED) is 0.809. The van der Waals surface area contributed by atoms with Gasteiger partial charge in [0.05, 0.1) is 6.10 Å². The van der Waals surface area contributed by atoms with Crippen molar-refractivity contribution in [2.75, 3.05) is 26.7 Å². The van der Waals surface area contributed by atoms with Crippen molar-refractivity contribution in [3.8, 4) is 0 Å². The van der Waals surface area contributed by atoms with E-state index < -0.39 is 11.6 Å². The number of halogens is 1. The zero-order valence-electron chi connectivity index (χ0n) is 14.5. The number of carbonyl (C=O) groups excluding carboxylic acids is 2. The third-order valence-corrected chi connectivity index (χ3v) is 5.41. The van der Waals surface area contributed by atoms with E-state index in [1.54, 1.807) is 19.1 Å². The van der Waals surface area contributed by atoms with Crippen molar-refractivity contribution < 1.29 is 19.1 Å². The van der Waals surface area contributed by atoms with Crippen molar-refractivity contribution in [1.29, 1.82) is 0 Å². The summed E-state index contributed by atoms with van der Waals surface area (Å²) in [5, 5.41) is 13.2. The van der Waals surface area contributed by atoms with E-state index in [0.29, 0.717) is 18.7 Å². The van der Waals surface area contributed by atoms with Crippen LogP contribution in [0.1, 0.15) is 31.4 Å². The van der Waals surface area contributed by atoms with E-state index in [-0.39, 0.29) is 23.7 Å². The van der Waals surface area contributed by atoms with Gasteiger partial charge in [0.2, 0.25) is 0 Å². The first kappa shape index (κ1) is 17.8. The van der Waals surface area contributed by atoms with Gasteiger partial charge in [0, 0.05) is 26.1 Å². The topological polar surface area (TPSA) is 72.9 Å². The Morgan fingerprint density at radius 2 is 2.20 bits per heavy atom. The van der Waals surface area contributed by atoms with Crippen LogP contribution >= 0.6 is 0 Å². The summed E-state index contributed by atoms with van der Waals surface area (Å²) in [6.07, 6.45) is 0.921. The summed E-state index contributed by atoms with van der Waals surface area (Å²) in [5.74, 6) is -0.611. The molecular weight excluding hydrogens is 325 g/mol. The molecule has 2 aliphatic heterocycles. The maximum Gasteiger partial charge on any atom is 0.324 e. The van der Waals surface area contributed by atoms with Crippen LogP contribution in [0.25, 0.3) is 0 Å². The average molecular weight is 349 g/mol. The predicted molar refractivity (Wildman–Crippen MR) is 90.2 cm³/mol. The van der Waals surface area contributed by atoms with Crippen LogP contribution in [0.5, 0.6) is 0 Å². The van der Waals surface area contributed by atoms with Crippen LogP contribution in [0.4, 0.5) is 9.18 Å². The minimum Gasteiger partial charge on any atom is -0.387 e. The first-order chi connectivity index (χ1) is 11.8. The van der Waals surface area contributed by atoms with Gasteiger partial charge in [0.15, 0.2) is 0 Å². The number of hydrogen-bond acceptors (Lipinski definition) is 4. The second-order valence-corrected chi connectivity index (χ2v) is 7.17. The normalized spacial score (nSPS) is 29.0. The van der Waals surface area contributed by atoms with E-state index >= 15 is 0 Å². The molecule has 1 aromatic carbocycles. The predicted octanol–water partition coefficient (Wildman–Crippen LogP) is 1.51. The molecular formula is C18H24FN3O3. The monoisotopic (exact) mass is 349 g/mol. The minimum atomic E-state index is -0.908. The number of imide groups is 1. The molecule has 25 heavy (non-hydrogen) atoms. The number of likely N-dealkylation sites (tertiary alicyclic amines) is 1. The Hall–Kier alpha value is -1.99. The Labute approximate surface area is 146 Å². The van der Waals surface area contributed by atoms with Gasteiger partial charge in [0.25, 0.3) is 5.91 Å². The highest BCUT2D eigenvalue weighted by atomic mass is 19.1. The molecule has 136 valence electrons. The Kier molecular flexibility index (Phi) is 4.79. The summed E-state index contributed by atoms with van der Waals surface area (Å²) in [7, 11) is 1.48. The molecule has 3 rings (SSSR count). The molecule has 0 radical (unpaired) electrons. The third-order valence-electron chi connectivity index (χ3n) is 5.41. The van der Waals surface area contributed by atoms with Crippen LogP contribution in [0, 0.1) is 11.7 Å². The van der Waals surface area contributed by atoms with Gasteiger partial charge in [-0.2, -0.15) is 0 Å². The van der Waals surface area contributed by atoms with E-state index in [2.05, 4.69) is 10.2 Å². The Morgan fingerprint density at radius 3 is 2.84 bits per heavy atom. The van der Waals surface area contributed by atoms with Crippen molar-refractivity contribution >= 4 is 11.9 Å². The number of benzene rings is 1. The largest absolute Gasteiger partial charge is 0.387 e. The van der Waals surface area contributed by atoms with Gasteiger partial charge in [-0.25, -0.2) is 9.18 Å². The number of aliphatic hydroxyl groups excluding tert-OH is 1. The van der Waals surface area contributed by atoms with Crippen LogP contribution in [-0.2, 0) is 4.79 Å². The highest BCUT2D eigenvalue weighted by Crippen LogP contribution is 2.32. The molecule has 0 saturated carbocycles. The van der Waals surface area contributed by atoms with Gasteiger partial charge in [-0.3, -0.25) is 9.69 Å². The third kappa shape index (κ3) is 3.39. The van der Waals surface area contributed by atoms with Gasteiger partial charge in [-0.15, -0.1) is 0 Å². The van der Waals surface area contributed by atoms with Crippen LogP contribution in [-0.4, -0.2) is 59.1 Å². The van der Waals surface area contributed by atoms with Crippen molar-refractivity contribution in [3.05, 3.63) is 35.6 Å². The van der Waals surface area contributed by atoms with E-state index in [1.165, 1.54) is 19.2 Å². The lowest BCUT2D eigenvalue weighted by molar-refractivity contribution is -0.132. The molecule has 0 unspecified atom stereocenters. The van der Waals surface area contributed by atoms with Gasteiger partial charge in [-0.05, 0) is 44.0 Å². The number of β-amino-alcohol motifs (C(OH)–C–C–N with tert-alkyl or cyclic N) is 1. The van der Waals surface area contributed by atoms with Crippen molar-refractivity contribution in [2.45, 2.75) is 31.4 Å². The molecule has 0 aromatic heterocycles. The number of hydrogen-bond donors (Lipinski definition) is 2. The minimum absolute atomic E-state index is 0.0256. The Morgan fingerprint density at radius 1 is 1.44 bits per heavy atom. The zero-order chi connectivity index (χ0) is 18.2. The summed E-state index contributed by atoms with van der Waals surface area (Å²) >= 11 is 0. The van der Waals surface area contributed by atoms with Gasteiger partial charge in [0.1, 0.15) is 11.4 Å². The molecule has 2 N–H and O–H groups in total. The van der Waals surface area contributed by atoms with Crippen LogP contribution in [0.3, 0.4) is 0 Å². The zero-order valence-corrected chi connectivity index (χ0v) is 14.5. The van der Waals surface area contributed by atoms with Crippen molar-refractivity contribution in [3.63, 3.8) is 0 Å². The lowest BCUT2D eigenvalue weighted by Gasteiger charge is -2.40. The molecule has 3 amide bonds. The number of amides is 3. The number of piperidine rings is 1. The Balaban J connectivity index is 1.67. The second-order valence-electron chi connectivity index (χ2n) is 7.17. The lowest BCUT2D eigenvalue weighted by atomic mass is 9.80. The molecule has 2 heterocycles.